The highest BCUT2D eigenvalue weighted by molar-refractivity contribution is 6.06. The van der Waals surface area contributed by atoms with Crippen molar-refractivity contribution in [1.29, 1.82) is 5.26 Å². The van der Waals surface area contributed by atoms with Crippen LogP contribution in [0.1, 0.15) is 17.0 Å². The molecule has 3 rings (SSSR count). The Morgan fingerprint density at radius 1 is 1.03 bits per heavy atom. The van der Waals surface area contributed by atoms with E-state index < -0.39 is 35.3 Å². The SMILES string of the molecule is COC(=O)C1=C(C(=O)OC)N(c2cc(C(F)(F)F)ccc2OC)C(N)=C(C#N)C1c1ccccc1. The number of alkyl halides is 3. The number of benzene rings is 2. The van der Waals surface area contributed by atoms with Gasteiger partial charge in [-0.15, -0.1) is 0 Å². The summed E-state index contributed by atoms with van der Waals surface area (Å²) in [6, 6.07) is 12.7. The fourth-order valence-corrected chi connectivity index (χ4v) is 3.80. The average molecular weight is 487 g/mol. The minimum atomic E-state index is -4.75. The standard InChI is InChI=1S/C24H20F3N3O5/c1-33-17-10-9-14(24(25,26)27)11-16(17)30-20(23(32)35-3)19(22(31)34-2)18(15(12-28)21(30)29)13-7-5-4-6-8-13/h4-11,18H,29H2,1-3H3. The van der Waals surface area contributed by atoms with E-state index in [0.717, 1.165) is 31.3 Å². The number of nitriles is 1. The van der Waals surface area contributed by atoms with Crippen LogP contribution < -0.4 is 15.4 Å². The minimum absolute atomic E-state index is 0.109. The molecule has 0 saturated heterocycles. The van der Waals surface area contributed by atoms with E-state index in [-0.39, 0.29) is 28.4 Å². The zero-order chi connectivity index (χ0) is 25.9. The highest BCUT2D eigenvalue weighted by Gasteiger charge is 2.44. The zero-order valence-corrected chi connectivity index (χ0v) is 18.8. The monoisotopic (exact) mass is 487 g/mol. The Balaban J connectivity index is 2.48. The van der Waals surface area contributed by atoms with Crippen molar-refractivity contribution in [2.45, 2.75) is 12.1 Å². The molecule has 2 aromatic rings. The van der Waals surface area contributed by atoms with E-state index in [9.17, 15) is 28.0 Å². The number of halogens is 3. The van der Waals surface area contributed by atoms with E-state index in [4.69, 9.17) is 19.9 Å². The predicted octanol–water partition coefficient (Wildman–Crippen LogP) is 3.61. The third-order valence-electron chi connectivity index (χ3n) is 5.36. The maximum Gasteiger partial charge on any atom is 0.416 e. The van der Waals surface area contributed by atoms with Crippen molar-refractivity contribution >= 4 is 17.6 Å². The summed E-state index contributed by atoms with van der Waals surface area (Å²) < 4.78 is 55.6. The van der Waals surface area contributed by atoms with Crippen LogP contribution in [0.25, 0.3) is 0 Å². The number of rotatable bonds is 5. The van der Waals surface area contributed by atoms with Crippen LogP contribution in [-0.2, 0) is 25.2 Å². The maximum absolute atomic E-state index is 13.5. The topological polar surface area (TPSA) is 115 Å². The van der Waals surface area contributed by atoms with Gasteiger partial charge in [0.2, 0.25) is 0 Å². The normalized spacial score (nSPS) is 16.0. The number of nitrogens with two attached hydrogens (primary N) is 1. The van der Waals surface area contributed by atoms with Crippen molar-refractivity contribution in [2.24, 2.45) is 5.73 Å². The van der Waals surface area contributed by atoms with E-state index in [2.05, 4.69) is 0 Å². The van der Waals surface area contributed by atoms with Crippen molar-refractivity contribution in [3.05, 3.63) is 82.3 Å². The number of methoxy groups -OCH3 is 3. The molecule has 2 aromatic carbocycles. The van der Waals surface area contributed by atoms with Crippen LogP contribution >= 0.6 is 0 Å². The number of ether oxygens (including phenoxy) is 3. The van der Waals surface area contributed by atoms with Gasteiger partial charge in [-0.1, -0.05) is 30.3 Å². The van der Waals surface area contributed by atoms with Gasteiger partial charge < -0.3 is 19.9 Å². The molecule has 0 fully saturated rings. The summed E-state index contributed by atoms with van der Waals surface area (Å²) in [6.45, 7) is 0. The van der Waals surface area contributed by atoms with Gasteiger partial charge in [-0.2, -0.15) is 18.4 Å². The highest BCUT2D eigenvalue weighted by atomic mass is 19.4. The van der Waals surface area contributed by atoms with Crippen LogP contribution in [0.2, 0.25) is 0 Å². The quantitative estimate of drug-likeness (QED) is 0.636. The van der Waals surface area contributed by atoms with Crippen LogP contribution in [0.15, 0.2) is 71.2 Å². The summed E-state index contributed by atoms with van der Waals surface area (Å²) >= 11 is 0. The summed E-state index contributed by atoms with van der Waals surface area (Å²) in [4.78, 5) is 26.9. The number of nitrogens with zero attached hydrogens (tertiary/aromatic N) is 2. The van der Waals surface area contributed by atoms with Gasteiger partial charge in [0.15, 0.2) is 0 Å². The molecule has 1 aliphatic rings. The Hall–Kier alpha value is -4.46. The molecule has 1 heterocycles. The lowest BCUT2D eigenvalue weighted by Gasteiger charge is -2.36. The molecule has 0 radical (unpaired) electrons. The molecule has 0 spiro atoms. The highest BCUT2D eigenvalue weighted by Crippen LogP contribution is 2.46. The summed E-state index contributed by atoms with van der Waals surface area (Å²) in [5.41, 5.74) is 4.29. The third kappa shape index (κ3) is 4.50. The number of allylic oxidation sites excluding steroid dienone is 1. The Labute approximate surface area is 198 Å². The Kier molecular flexibility index (Phi) is 7.05. The van der Waals surface area contributed by atoms with Crippen LogP contribution in [0, 0.1) is 11.3 Å². The average Bonchev–Trinajstić information content (AvgIpc) is 2.86. The van der Waals surface area contributed by atoms with Gasteiger partial charge in [0, 0.05) is 0 Å². The summed E-state index contributed by atoms with van der Waals surface area (Å²) in [5.74, 6) is -3.74. The number of carbonyl (C=O) groups is 2. The van der Waals surface area contributed by atoms with Gasteiger partial charge >= 0.3 is 18.1 Å². The Bertz CT molecular complexity index is 1260. The molecule has 2 N–H and O–H groups in total. The number of carbonyl (C=O) groups excluding carboxylic acids is 2. The molecule has 1 aliphatic heterocycles. The molecule has 0 saturated carbocycles. The maximum atomic E-state index is 13.5. The lowest BCUT2D eigenvalue weighted by Crippen LogP contribution is -2.41. The second-order valence-corrected chi connectivity index (χ2v) is 7.22. The van der Waals surface area contributed by atoms with Crippen molar-refractivity contribution in [1.82, 2.24) is 0 Å². The molecular formula is C24H20F3N3O5. The number of hydrogen-bond donors (Lipinski definition) is 1. The fourth-order valence-electron chi connectivity index (χ4n) is 3.80. The second-order valence-electron chi connectivity index (χ2n) is 7.22. The van der Waals surface area contributed by atoms with Crippen LogP contribution in [0.4, 0.5) is 18.9 Å². The molecule has 0 bridgehead atoms. The first-order chi connectivity index (χ1) is 16.6. The van der Waals surface area contributed by atoms with E-state index >= 15 is 0 Å². The van der Waals surface area contributed by atoms with E-state index in [1.807, 2.05) is 6.07 Å². The van der Waals surface area contributed by atoms with Crippen molar-refractivity contribution in [3.8, 4) is 11.8 Å². The largest absolute Gasteiger partial charge is 0.495 e. The fraction of sp³-hybridized carbons (Fsp3) is 0.208. The second kappa shape index (κ2) is 9.80. The van der Waals surface area contributed by atoms with Gasteiger partial charge in [0.25, 0.3) is 0 Å². The van der Waals surface area contributed by atoms with Gasteiger partial charge in [-0.3, -0.25) is 4.90 Å². The predicted molar refractivity (Wildman–Crippen MR) is 118 cm³/mol. The van der Waals surface area contributed by atoms with Gasteiger partial charge in [0.05, 0.1) is 55.7 Å². The first-order valence-electron chi connectivity index (χ1n) is 10.0. The van der Waals surface area contributed by atoms with Crippen molar-refractivity contribution in [3.63, 3.8) is 0 Å². The third-order valence-corrected chi connectivity index (χ3v) is 5.36. The molecule has 35 heavy (non-hydrogen) atoms. The Morgan fingerprint density at radius 2 is 1.66 bits per heavy atom. The van der Waals surface area contributed by atoms with E-state index in [0.29, 0.717) is 11.6 Å². The molecule has 0 aromatic heterocycles. The molecule has 1 atom stereocenters. The van der Waals surface area contributed by atoms with Crippen molar-refractivity contribution < 1.29 is 37.0 Å². The van der Waals surface area contributed by atoms with Gasteiger partial charge in [-0.25, -0.2) is 9.59 Å². The molecule has 8 nitrogen and oxygen atoms in total. The van der Waals surface area contributed by atoms with E-state index in [1.54, 1.807) is 30.3 Å². The first kappa shape index (κ1) is 25.2. The molecule has 0 aliphatic carbocycles. The lowest BCUT2D eigenvalue weighted by molar-refractivity contribution is -0.139. The van der Waals surface area contributed by atoms with Crippen LogP contribution in [0.3, 0.4) is 0 Å². The van der Waals surface area contributed by atoms with Crippen molar-refractivity contribution in [2.75, 3.05) is 26.2 Å². The van der Waals surface area contributed by atoms with Gasteiger partial charge in [0.1, 0.15) is 17.3 Å². The number of hydrogen-bond acceptors (Lipinski definition) is 8. The van der Waals surface area contributed by atoms with E-state index in [1.165, 1.54) is 7.11 Å². The Morgan fingerprint density at radius 3 is 2.17 bits per heavy atom. The molecule has 11 heteroatoms. The van der Waals surface area contributed by atoms with Crippen LogP contribution in [0.5, 0.6) is 5.75 Å². The summed E-state index contributed by atoms with van der Waals surface area (Å²) in [6.07, 6.45) is -4.75. The lowest BCUT2D eigenvalue weighted by atomic mass is 9.81. The first-order valence-corrected chi connectivity index (χ1v) is 10.0. The number of esters is 2. The molecule has 182 valence electrons. The summed E-state index contributed by atoms with van der Waals surface area (Å²) in [7, 11) is 3.30. The van der Waals surface area contributed by atoms with Crippen LogP contribution in [-0.4, -0.2) is 33.3 Å². The molecule has 0 amide bonds. The smallest absolute Gasteiger partial charge is 0.416 e. The zero-order valence-electron chi connectivity index (χ0n) is 18.8. The molecule has 1 unspecified atom stereocenters. The number of anilines is 1. The van der Waals surface area contributed by atoms with Gasteiger partial charge in [-0.05, 0) is 23.8 Å². The summed E-state index contributed by atoms with van der Waals surface area (Å²) in [5, 5.41) is 10.0. The minimum Gasteiger partial charge on any atom is -0.495 e. The molecular weight excluding hydrogens is 467 g/mol.